The third-order valence-corrected chi connectivity index (χ3v) is 5.85. The summed E-state index contributed by atoms with van der Waals surface area (Å²) in [6.45, 7) is 3.80. The molecule has 4 heterocycles. The number of piperidine rings is 1. The highest BCUT2D eigenvalue weighted by Gasteiger charge is 2.42. The first-order chi connectivity index (χ1) is 14.0. The first kappa shape index (κ1) is 19.4. The van der Waals surface area contributed by atoms with Gasteiger partial charge in [-0.15, -0.1) is 0 Å². The van der Waals surface area contributed by atoms with Crippen LogP contribution in [0.4, 0.5) is 10.5 Å². The number of carbonyl (C=O) groups is 3. The first-order valence-electron chi connectivity index (χ1n) is 9.92. The highest BCUT2D eigenvalue weighted by Crippen LogP contribution is 2.23. The van der Waals surface area contributed by atoms with E-state index in [0.717, 1.165) is 18.8 Å². The van der Waals surface area contributed by atoms with Gasteiger partial charge in [-0.3, -0.25) is 14.6 Å². The van der Waals surface area contributed by atoms with Gasteiger partial charge in [-0.25, -0.2) is 14.8 Å². The molecule has 29 heavy (non-hydrogen) atoms. The standard InChI is InChI=1S/C19H25N5O5/c25-17(22-7-3-14(4-8-22)18(26)27)16-13-24(19(28)29-16)23-11-9-21(10-12-23)15-1-5-20-6-2-15/h1-2,5-6,14,16H,3-4,7-13H2,(H,26,27). The van der Waals surface area contributed by atoms with Gasteiger partial charge in [-0.05, 0) is 25.0 Å². The lowest BCUT2D eigenvalue weighted by Gasteiger charge is -2.39. The minimum absolute atomic E-state index is 0.200. The second-order valence-corrected chi connectivity index (χ2v) is 7.54. The number of ether oxygens (including phenoxy) is 1. The second kappa shape index (κ2) is 8.24. The lowest BCUT2D eigenvalue weighted by Crippen LogP contribution is -2.54. The number of amides is 2. The quantitative estimate of drug-likeness (QED) is 0.763. The normalized spacial score (nSPS) is 23.9. The molecule has 0 aliphatic carbocycles. The Morgan fingerprint density at radius 3 is 2.31 bits per heavy atom. The highest BCUT2D eigenvalue weighted by atomic mass is 16.6. The molecule has 10 heteroatoms. The molecule has 0 spiro atoms. The highest BCUT2D eigenvalue weighted by molar-refractivity contribution is 5.86. The number of pyridine rings is 1. The number of carboxylic acid groups (broad SMARTS) is 1. The number of rotatable bonds is 4. The molecule has 4 rings (SSSR count). The van der Waals surface area contributed by atoms with Crippen LogP contribution in [0.3, 0.4) is 0 Å². The molecule has 3 aliphatic rings. The number of hydrazine groups is 1. The molecule has 1 atom stereocenters. The van der Waals surface area contributed by atoms with Crippen molar-refractivity contribution in [1.29, 1.82) is 0 Å². The first-order valence-corrected chi connectivity index (χ1v) is 9.92. The maximum Gasteiger partial charge on any atom is 0.425 e. The average molecular weight is 403 g/mol. The summed E-state index contributed by atoms with van der Waals surface area (Å²) in [5.41, 5.74) is 1.10. The van der Waals surface area contributed by atoms with Crippen molar-refractivity contribution in [2.24, 2.45) is 5.92 Å². The Morgan fingerprint density at radius 1 is 1.03 bits per heavy atom. The van der Waals surface area contributed by atoms with Gasteiger partial charge in [0.05, 0.1) is 12.5 Å². The summed E-state index contributed by atoms with van der Waals surface area (Å²) in [5, 5.41) is 12.5. The lowest BCUT2D eigenvalue weighted by molar-refractivity contribution is -0.147. The van der Waals surface area contributed by atoms with E-state index in [1.54, 1.807) is 17.3 Å². The van der Waals surface area contributed by atoms with E-state index in [9.17, 15) is 14.4 Å². The van der Waals surface area contributed by atoms with Crippen LogP contribution in [0.25, 0.3) is 0 Å². The Bertz CT molecular complexity index is 760. The summed E-state index contributed by atoms with van der Waals surface area (Å²) in [4.78, 5) is 44.0. The fourth-order valence-electron chi connectivity index (χ4n) is 4.11. The number of carbonyl (C=O) groups excluding carboxylic acids is 2. The maximum atomic E-state index is 12.7. The van der Waals surface area contributed by atoms with Gasteiger partial charge in [0.2, 0.25) is 6.10 Å². The zero-order chi connectivity index (χ0) is 20.4. The van der Waals surface area contributed by atoms with E-state index in [4.69, 9.17) is 9.84 Å². The van der Waals surface area contributed by atoms with Crippen molar-refractivity contribution in [3.8, 4) is 0 Å². The molecule has 1 unspecified atom stereocenters. The number of hydrogen-bond acceptors (Lipinski definition) is 7. The molecular formula is C19H25N5O5. The van der Waals surface area contributed by atoms with E-state index in [0.29, 0.717) is 39.0 Å². The molecule has 1 aromatic heterocycles. The minimum Gasteiger partial charge on any atom is -0.481 e. The monoisotopic (exact) mass is 403 g/mol. The van der Waals surface area contributed by atoms with Crippen molar-refractivity contribution in [1.82, 2.24) is 19.9 Å². The third-order valence-electron chi connectivity index (χ3n) is 5.85. The van der Waals surface area contributed by atoms with Crippen LogP contribution in [0.5, 0.6) is 0 Å². The van der Waals surface area contributed by atoms with Crippen molar-refractivity contribution in [2.75, 3.05) is 50.7 Å². The molecule has 3 aliphatic heterocycles. The molecule has 1 N–H and O–H groups in total. The summed E-state index contributed by atoms with van der Waals surface area (Å²) in [5.74, 6) is -1.46. The summed E-state index contributed by atoms with van der Waals surface area (Å²) < 4.78 is 5.34. The molecule has 156 valence electrons. The fourth-order valence-corrected chi connectivity index (χ4v) is 4.11. The van der Waals surface area contributed by atoms with Crippen LogP contribution in [-0.4, -0.2) is 94.9 Å². The number of aliphatic carboxylic acids is 1. The maximum absolute atomic E-state index is 12.7. The van der Waals surface area contributed by atoms with Crippen LogP contribution in [0.1, 0.15) is 12.8 Å². The Kier molecular flexibility index (Phi) is 5.52. The average Bonchev–Trinajstić information content (AvgIpc) is 3.15. The summed E-state index contributed by atoms with van der Waals surface area (Å²) in [6, 6.07) is 3.92. The molecular weight excluding hydrogens is 378 g/mol. The predicted octanol–water partition coefficient (Wildman–Crippen LogP) is 0.263. The van der Waals surface area contributed by atoms with Gasteiger partial charge >= 0.3 is 12.1 Å². The topological polar surface area (TPSA) is 107 Å². The molecule has 0 radical (unpaired) electrons. The van der Waals surface area contributed by atoms with Crippen LogP contribution in [0.15, 0.2) is 24.5 Å². The van der Waals surface area contributed by atoms with Gasteiger partial charge in [0, 0.05) is 57.3 Å². The van der Waals surface area contributed by atoms with Crippen molar-refractivity contribution in [3.05, 3.63) is 24.5 Å². The Hall–Kier alpha value is -2.88. The third kappa shape index (κ3) is 4.12. The number of hydrogen-bond donors (Lipinski definition) is 1. The number of piperazine rings is 1. The molecule has 3 saturated heterocycles. The number of anilines is 1. The Labute approximate surface area is 168 Å². The van der Waals surface area contributed by atoms with Crippen molar-refractivity contribution < 1.29 is 24.2 Å². The van der Waals surface area contributed by atoms with E-state index in [1.807, 2.05) is 17.1 Å². The number of carboxylic acids is 1. The van der Waals surface area contributed by atoms with Gasteiger partial charge in [0.1, 0.15) is 0 Å². The van der Waals surface area contributed by atoms with Crippen molar-refractivity contribution in [3.63, 3.8) is 0 Å². The SMILES string of the molecule is O=C(O)C1CCN(C(=O)C2CN(N3CCN(c4ccncc4)CC3)C(=O)O2)CC1. The molecule has 2 amide bonds. The van der Waals surface area contributed by atoms with E-state index in [-0.39, 0.29) is 12.5 Å². The van der Waals surface area contributed by atoms with Gasteiger partial charge in [0.25, 0.3) is 5.91 Å². The van der Waals surface area contributed by atoms with Crippen LogP contribution in [-0.2, 0) is 14.3 Å². The Balaban J connectivity index is 1.29. The van der Waals surface area contributed by atoms with E-state index in [1.165, 1.54) is 5.01 Å². The number of aromatic nitrogens is 1. The summed E-state index contributed by atoms with van der Waals surface area (Å²) in [6.07, 6.45) is 3.05. The van der Waals surface area contributed by atoms with Crippen LogP contribution in [0.2, 0.25) is 0 Å². The molecule has 0 saturated carbocycles. The van der Waals surface area contributed by atoms with Crippen LogP contribution in [0, 0.1) is 5.92 Å². The summed E-state index contributed by atoms with van der Waals surface area (Å²) in [7, 11) is 0. The van der Waals surface area contributed by atoms with Gasteiger partial charge in [-0.1, -0.05) is 0 Å². The van der Waals surface area contributed by atoms with Crippen LogP contribution < -0.4 is 4.90 Å². The molecule has 3 fully saturated rings. The zero-order valence-electron chi connectivity index (χ0n) is 16.1. The second-order valence-electron chi connectivity index (χ2n) is 7.54. The molecule has 0 bridgehead atoms. The van der Waals surface area contributed by atoms with Gasteiger partial charge in [0.15, 0.2) is 0 Å². The van der Waals surface area contributed by atoms with E-state index in [2.05, 4.69) is 9.88 Å². The summed E-state index contributed by atoms with van der Waals surface area (Å²) >= 11 is 0. The lowest BCUT2D eigenvalue weighted by atomic mass is 9.97. The van der Waals surface area contributed by atoms with Gasteiger partial charge in [-0.2, -0.15) is 0 Å². The zero-order valence-corrected chi connectivity index (χ0v) is 16.1. The van der Waals surface area contributed by atoms with Crippen molar-refractivity contribution in [2.45, 2.75) is 18.9 Å². The molecule has 10 nitrogen and oxygen atoms in total. The fraction of sp³-hybridized carbons (Fsp3) is 0.579. The smallest absolute Gasteiger partial charge is 0.425 e. The number of nitrogens with zero attached hydrogens (tertiary/aromatic N) is 5. The van der Waals surface area contributed by atoms with Crippen molar-refractivity contribution >= 4 is 23.7 Å². The van der Waals surface area contributed by atoms with Gasteiger partial charge < -0.3 is 19.6 Å². The predicted molar refractivity (Wildman–Crippen MR) is 102 cm³/mol. The van der Waals surface area contributed by atoms with E-state index < -0.39 is 24.1 Å². The largest absolute Gasteiger partial charge is 0.481 e. The molecule has 1 aromatic rings. The minimum atomic E-state index is -0.831. The molecule has 0 aromatic carbocycles. The number of cyclic esters (lactones) is 1. The number of likely N-dealkylation sites (tertiary alicyclic amines) is 1. The van der Waals surface area contributed by atoms with E-state index >= 15 is 0 Å². The van der Waals surface area contributed by atoms with Crippen LogP contribution >= 0.6 is 0 Å². The Morgan fingerprint density at radius 2 is 1.69 bits per heavy atom.